The number of nitrogens with zero attached hydrogens (tertiary/aromatic N) is 3. The van der Waals surface area contributed by atoms with Crippen LogP contribution in [0.5, 0.6) is 0 Å². The molecule has 0 spiro atoms. The van der Waals surface area contributed by atoms with Crippen LogP contribution in [0.1, 0.15) is 24.2 Å². The van der Waals surface area contributed by atoms with E-state index in [0.717, 1.165) is 48.4 Å². The summed E-state index contributed by atoms with van der Waals surface area (Å²) in [5.74, 6) is 0.981. The second-order valence-electron chi connectivity index (χ2n) is 7.51. The molecule has 3 aromatic rings. The Balaban J connectivity index is 1.58. The van der Waals surface area contributed by atoms with Crippen molar-refractivity contribution in [2.45, 2.75) is 24.8 Å². The fourth-order valence-electron chi connectivity index (χ4n) is 4.09. The second-order valence-corrected chi connectivity index (χ2v) is 7.51. The number of aromatic nitrogens is 2. The Kier molecular flexibility index (Phi) is 4.70. The molecule has 5 heteroatoms. The summed E-state index contributed by atoms with van der Waals surface area (Å²) in [6.07, 6.45) is 1.67. The Hall–Kier alpha value is -2.66. The molecule has 27 heavy (non-hydrogen) atoms. The van der Waals surface area contributed by atoms with Gasteiger partial charge in [-0.1, -0.05) is 42.5 Å². The van der Waals surface area contributed by atoms with Crippen molar-refractivity contribution in [2.24, 2.45) is 7.05 Å². The maximum Gasteiger partial charge on any atom is 0.231 e. The second kappa shape index (κ2) is 7.16. The molecule has 0 bridgehead atoms. The number of likely N-dealkylation sites (tertiary alicyclic amines) is 1. The number of amides is 1. The summed E-state index contributed by atoms with van der Waals surface area (Å²) in [6.45, 7) is 2.29. The van der Waals surface area contributed by atoms with E-state index in [1.165, 1.54) is 0 Å². The zero-order valence-electron chi connectivity index (χ0n) is 16.0. The number of carbonyl (C=O) groups is 1. The first-order chi connectivity index (χ1) is 13.1. The number of aryl methyl sites for hydroxylation is 1. The zero-order valence-corrected chi connectivity index (χ0v) is 16.0. The lowest BCUT2D eigenvalue weighted by Crippen LogP contribution is -2.51. The molecular weight excluding hydrogens is 336 g/mol. The van der Waals surface area contributed by atoms with Gasteiger partial charge >= 0.3 is 0 Å². The number of nitrogens with one attached hydrogen (secondary N) is 1. The minimum Gasteiger partial charge on any atom is -0.348 e. The Morgan fingerprint density at radius 3 is 2.41 bits per heavy atom. The summed E-state index contributed by atoms with van der Waals surface area (Å²) in [6, 6.07) is 18.3. The molecule has 1 N–H and O–H groups in total. The number of imidazole rings is 1. The van der Waals surface area contributed by atoms with Gasteiger partial charge in [0.2, 0.25) is 5.91 Å². The molecule has 1 aliphatic rings. The Bertz CT molecular complexity index is 939. The van der Waals surface area contributed by atoms with Crippen molar-refractivity contribution in [3.05, 3.63) is 66.0 Å². The van der Waals surface area contributed by atoms with Gasteiger partial charge in [-0.3, -0.25) is 4.79 Å². The standard InChI is InChI=1S/C22H26N4O/c1-25-14-12-22(13-15-25,17-8-4-3-5-9-17)21(27)23-16-20-24-18-10-6-7-11-19(18)26(20)2/h3-11H,12-16H2,1-2H3,(H,23,27). The van der Waals surface area contributed by atoms with Gasteiger partial charge in [0, 0.05) is 7.05 Å². The summed E-state index contributed by atoms with van der Waals surface area (Å²) in [5.41, 5.74) is 2.69. The van der Waals surface area contributed by atoms with Crippen LogP contribution in [0, 0.1) is 0 Å². The third-order valence-electron chi connectivity index (χ3n) is 5.89. The molecule has 0 aliphatic carbocycles. The van der Waals surface area contributed by atoms with Crippen LogP contribution in [0.2, 0.25) is 0 Å². The van der Waals surface area contributed by atoms with Crippen LogP contribution in [-0.2, 0) is 23.8 Å². The summed E-state index contributed by atoms with van der Waals surface area (Å²) in [7, 11) is 4.12. The summed E-state index contributed by atoms with van der Waals surface area (Å²) in [4.78, 5) is 20.3. The number of fused-ring (bicyclic) bond motifs is 1. The molecule has 0 saturated carbocycles. The van der Waals surface area contributed by atoms with Crippen molar-refractivity contribution < 1.29 is 4.79 Å². The minimum atomic E-state index is -0.460. The monoisotopic (exact) mass is 362 g/mol. The van der Waals surface area contributed by atoms with Gasteiger partial charge in [-0.2, -0.15) is 0 Å². The lowest BCUT2D eigenvalue weighted by Gasteiger charge is -2.39. The Morgan fingerprint density at radius 2 is 1.70 bits per heavy atom. The maximum atomic E-state index is 13.4. The van der Waals surface area contributed by atoms with Gasteiger partial charge in [-0.25, -0.2) is 4.98 Å². The lowest BCUT2D eigenvalue weighted by molar-refractivity contribution is -0.128. The van der Waals surface area contributed by atoms with E-state index in [1.807, 2.05) is 43.4 Å². The van der Waals surface area contributed by atoms with Gasteiger partial charge < -0.3 is 14.8 Å². The highest BCUT2D eigenvalue weighted by Crippen LogP contribution is 2.35. The van der Waals surface area contributed by atoms with Gasteiger partial charge in [-0.05, 0) is 50.7 Å². The van der Waals surface area contributed by atoms with Gasteiger partial charge in [0.15, 0.2) is 0 Å². The highest BCUT2D eigenvalue weighted by Gasteiger charge is 2.42. The number of hydrogen-bond donors (Lipinski definition) is 1. The number of carbonyl (C=O) groups excluding carboxylic acids is 1. The van der Waals surface area contributed by atoms with E-state index >= 15 is 0 Å². The van der Waals surface area contributed by atoms with Gasteiger partial charge in [0.25, 0.3) is 0 Å². The van der Waals surface area contributed by atoms with Crippen molar-refractivity contribution in [1.82, 2.24) is 19.8 Å². The van der Waals surface area contributed by atoms with Gasteiger partial charge in [0.1, 0.15) is 5.82 Å². The highest BCUT2D eigenvalue weighted by molar-refractivity contribution is 5.88. The first kappa shape index (κ1) is 17.7. The van der Waals surface area contributed by atoms with E-state index in [-0.39, 0.29) is 5.91 Å². The highest BCUT2D eigenvalue weighted by atomic mass is 16.2. The van der Waals surface area contributed by atoms with Crippen molar-refractivity contribution in [2.75, 3.05) is 20.1 Å². The molecule has 5 nitrogen and oxygen atoms in total. The predicted molar refractivity (Wildman–Crippen MR) is 107 cm³/mol. The van der Waals surface area contributed by atoms with Crippen LogP contribution in [0.15, 0.2) is 54.6 Å². The first-order valence-corrected chi connectivity index (χ1v) is 9.53. The SMILES string of the molecule is CN1CCC(C(=O)NCc2nc3ccccc3n2C)(c2ccccc2)CC1. The number of para-hydroxylation sites is 2. The molecule has 1 aromatic heterocycles. The normalized spacial score (nSPS) is 17.1. The molecule has 1 amide bonds. The molecule has 140 valence electrons. The smallest absolute Gasteiger partial charge is 0.231 e. The quantitative estimate of drug-likeness (QED) is 0.776. The Morgan fingerprint density at radius 1 is 1.04 bits per heavy atom. The van der Waals surface area contributed by atoms with Crippen LogP contribution < -0.4 is 5.32 Å². The molecule has 1 saturated heterocycles. The van der Waals surface area contributed by atoms with Crippen LogP contribution in [0.25, 0.3) is 11.0 Å². The predicted octanol–water partition coefficient (Wildman–Crippen LogP) is 2.85. The molecule has 0 atom stereocenters. The minimum absolute atomic E-state index is 0.105. The fourth-order valence-corrected chi connectivity index (χ4v) is 4.09. The van der Waals surface area contributed by atoms with E-state index < -0.39 is 5.41 Å². The maximum absolute atomic E-state index is 13.4. The number of benzene rings is 2. The van der Waals surface area contributed by atoms with Crippen LogP contribution in [0.4, 0.5) is 0 Å². The third kappa shape index (κ3) is 3.23. The van der Waals surface area contributed by atoms with Gasteiger partial charge in [0.05, 0.1) is 23.0 Å². The number of hydrogen-bond acceptors (Lipinski definition) is 3. The molecule has 0 radical (unpaired) electrons. The molecule has 2 heterocycles. The number of rotatable bonds is 4. The van der Waals surface area contributed by atoms with Gasteiger partial charge in [-0.15, -0.1) is 0 Å². The lowest BCUT2D eigenvalue weighted by atomic mass is 9.72. The van der Waals surface area contributed by atoms with Crippen molar-refractivity contribution in [1.29, 1.82) is 0 Å². The summed E-state index contributed by atoms with van der Waals surface area (Å²) < 4.78 is 2.06. The van der Waals surface area contributed by atoms with Crippen molar-refractivity contribution in [3.63, 3.8) is 0 Å². The summed E-state index contributed by atoms with van der Waals surface area (Å²) >= 11 is 0. The molecule has 1 aliphatic heterocycles. The molecule has 1 fully saturated rings. The van der Waals surface area contributed by atoms with E-state index in [9.17, 15) is 4.79 Å². The van der Waals surface area contributed by atoms with E-state index in [2.05, 4.69) is 45.0 Å². The molecule has 2 aromatic carbocycles. The molecular formula is C22H26N4O. The van der Waals surface area contributed by atoms with Crippen LogP contribution in [0.3, 0.4) is 0 Å². The zero-order chi connectivity index (χ0) is 18.9. The third-order valence-corrected chi connectivity index (χ3v) is 5.89. The van der Waals surface area contributed by atoms with E-state index in [4.69, 9.17) is 0 Å². The van der Waals surface area contributed by atoms with Crippen molar-refractivity contribution in [3.8, 4) is 0 Å². The molecule has 4 rings (SSSR count). The average molecular weight is 362 g/mol. The summed E-state index contributed by atoms with van der Waals surface area (Å²) in [5, 5.41) is 3.18. The van der Waals surface area contributed by atoms with Crippen LogP contribution in [-0.4, -0.2) is 40.5 Å². The Labute approximate surface area is 160 Å². The largest absolute Gasteiger partial charge is 0.348 e. The fraction of sp³-hybridized carbons (Fsp3) is 0.364. The first-order valence-electron chi connectivity index (χ1n) is 9.53. The van der Waals surface area contributed by atoms with Crippen LogP contribution >= 0.6 is 0 Å². The van der Waals surface area contributed by atoms with E-state index in [0.29, 0.717) is 6.54 Å². The van der Waals surface area contributed by atoms with E-state index in [1.54, 1.807) is 0 Å². The number of piperidine rings is 1. The molecule has 0 unspecified atom stereocenters. The average Bonchev–Trinajstić information content (AvgIpc) is 3.03. The van der Waals surface area contributed by atoms with Crippen molar-refractivity contribution >= 4 is 16.9 Å². The topological polar surface area (TPSA) is 50.2 Å².